The van der Waals surface area contributed by atoms with Crippen LogP contribution in [0, 0.1) is 5.92 Å². The number of nitrogens with zero attached hydrogens (tertiary/aromatic N) is 2. The standard InChI is InChI=1S/C20H28N4O4S/c25-19(21-10-7-14-8-11-23(12-9-14)15-5-6-15)13-18-20(26)22-16-3-1-2-4-17(16)24(18)29(27)28/h1-4,14-15,18,29H,5-13H2,(H,21,25)(H,22,26). The van der Waals surface area contributed by atoms with Gasteiger partial charge in [-0.15, -0.1) is 0 Å². The number of likely N-dealkylation sites (tertiary alicyclic amines) is 1. The van der Waals surface area contributed by atoms with E-state index in [0.717, 1.165) is 29.9 Å². The maximum absolute atomic E-state index is 12.4. The van der Waals surface area contributed by atoms with E-state index in [1.165, 1.54) is 25.7 Å². The highest BCUT2D eigenvalue weighted by atomic mass is 32.2. The van der Waals surface area contributed by atoms with Crippen molar-refractivity contribution in [1.29, 1.82) is 0 Å². The molecule has 0 aromatic heterocycles. The van der Waals surface area contributed by atoms with Crippen LogP contribution in [0.5, 0.6) is 0 Å². The number of carbonyl (C=O) groups is 2. The molecular weight excluding hydrogens is 392 g/mol. The first kappa shape index (κ1) is 20.2. The summed E-state index contributed by atoms with van der Waals surface area (Å²) in [7, 11) is -3.04. The molecule has 1 unspecified atom stereocenters. The summed E-state index contributed by atoms with van der Waals surface area (Å²) >= 11 is 0. The minimum absolute atomic E-state index is 0.191. The largest absolute Gasteiger partial charge is 0.356 e. The molecule has 2 N–H and O–H groups in total. The molecule has 1 saturated heterocycles. The number of fused-ring (bicyclic) bond motifs is 1. The van der Waals surface area contributed by atoms with Gasteiger partial charge in [-0.3, -0.25) is 13.9 Å². The third kappa shape index (κ3) is 4.72. The molecule has 2 fully saturated rings. The van der Waals surface area contributed by atoms with Crippen molar-refractivity contribution in [1.82, 2.24) is 10.2 Å². The van der Waals surface area contributed by atoms with Crippen molar-refractivity contribution >= 4 is 34.1 Å². The molecule has 158 valence electrons. The number of rotatable bonds is 7. The summed E-state index contributed by atoms with van der Waals surface area (Å²) < 4.78 is 24.6. The lowest BCUT2D eigenvalue weighted by molar-refractivity contribution is -0.125. The second-order valence-electron chi connectivity index (χ2n) is 8.16. The van der Waals surface area contributed by atoms with Crippen LogP contribution >= 0.6 is 0 Å². The highest BCUT2D eigenvalue weighted by Gasteiger charge is 2.36. The van der Waals surface area contributed by atoms with E-state index in [0.29, 0.717) is 23.8 Å². The SMILES string of the molecule is O=C(CC1C(=O)Nc2ccccc2N1[SH](=O)=O)NCCC1CCN(C2CC2)CC1. The molecule has 1 aromatic rings. The quantitative estimate of drug-likeness (QED) is 0.574. The normalized spacial score (nSPS) is 23.0. The Morgan fingerprint density at radius 3 is 2.55 bits per heavy atom. The van der Waals surface area contributed by atoms with Gasteiger partial charge in [-0.25, -0.2) is 8.42 Å². The van der Waals surface area contributed by atoms with Crippen molar-refractivity contribution in [3.05, 3.63) is 24.3 Å². The van der Waals surface area contributed by atoms with Gasteiger partial charge in [-0.05, 0) is 63.2 Å². The number of carbonyl (C=O) groups excluding carboxylic acids is 2. The molecule has 8 nitrogen and oxygen atoms in total. The first-order valence-electron chi connectivity index (χ1n) is 10.4. The van der Waals surface area contributed by atoms with Crippen LogP contribution in [0.2, 0.25) is 0 Å². The van der Waals surface area contributed by atoms with Crippen molar-refractivity contribution in [3.63, 3.8) is 0 Å². The molecule has 2 heterocycles. The first-order valence-corrected chi connectivity index (χ1v) is 11.5. The average Bonchev–Trinajstić information content (AvgIpc) is 3.54. The van der Waals surface area contributed by atoms with Crippen molar-refractivity contribution in [2.45, 2.75) is 50.6 Å². The van der Waals surface area contributed by atoms with E-state index in [1.54, 1.807) is 24.3 Å². The Kier molecular flexibility index (Phi) is 6.05. The predicted molar refractivity (Wildman–Crippen MR) is 111 cm³/mol. The molecular formula is C20H28N4O4S. The van der Waals surface area contributed by atoms with Gasteiger partial charge in [-0.2, -0.15) is 0 Å². The van der Waals surface area contributed by atoms with E-state index >= 15 is 0 Å². The molecule has 29 heavy (non-hydrogen) atoms. The zero-order valence-electron chi connectivity index (χ0n) is 16.4. The molecule has 0 radical (unpaired) electrons. The highest BCUT2D eigenvalue weighted by molar-refractivity contribution is 7.74. The Morgan fingerprint density at radius 2 is 1.86 bits per heavy atom. The lowest BCUT2D eigenvalue weighted by Gasteiger charge is -2.33. The molecule has 1 aromatic carbocycles. The fourth-order valence-electron chi connectivity index (χ4n) is 4.36. The van der Waals surface area contributed by atoms with Crippen molar-refractivity contribution < 1.29 is 18.0 Å². The lowest BCUT2D eigenvalue weighted by atomic mass is 9.93. The Bertz CT molecular complexity index is 839. The molecule has 2 aliphatic heterocycles. The monoisotopic (exact) mass is 420 g/mol. The average molecular weight is 421 g/mol. The summed E-state index contributed by atoms with van der Waals surface area (Å²) in [5, 5.41) is 5.57. The van der Waals surface area contributed by atoms with Gasteiger partial charge >= 0.3 is 0 Å². The van der Waals surface area contributed by atoms with Crippen LogP contribution in [0.1, 0.15) is 38.5 Å². The molecule has 1 aliphatic carbocycles. The minimum Gasteiger partial charge on any atom is -0.356 e. The fourth-order valence-corrected chi connectivity index (χ4v) is 5.13. The van der Waals surface area contributed by atoms with E-state index < -0.39 is 22.8 Å². The molecule has 1 saturated carbocycles. The Hall–Kier alpha value is -2.13. The molecule has 9 heteroatoms. The van der Waals surface area contributed by atoms with E-state index in [9.17, 15) is 18.0 Å². The first-order chi connectivity index (χ1) is 14.0. The number of thiol groups is 1. The fraction of sp³-hybridized carbons (Fsp3) is 0.600. The molecule has 4 rings (SSSR count). The maximum Gasteiger partial charge on any atom is 0.248 e. The van der Waals surface area contributed by atoms with Gasteiger partial charge < -0.3 is 15.5 Å². The summed E-state index contributed by atoms with van der Waals surface area (Å²) in [6, 6.07) is 6.44. The minimum atomic E-state index is -3.04. The zero-order valence-corrected chi connectivity index (χ0v) is 17.3. The topological polar surface area (TPSA) is 98.8 Å². The smallest absolute Gasteiger partial charge is 0.248 e. The van der Waals surface area contributed by atoms with Crippen molar-refractivity contribution in [2.75, 3.05) is 29.3 Å². The lowest BCUT2D eigenvalue weighted by Crippen LogP contribution is -2.49. The van der Waals surface area contributed by atoms with E-state index in [4.69, 9.17) is 0 Å². The molecule has 2 amide bonds. The number of hydrogen-bond donors (Lipinski definition) is 3. The number of para-hydroxylation sites is 2. The Labute approximate surface area is 172 Å². The number of benzene rings is 1. The second-order valence-corrected chi connectivity index (χ2v) is 9.06. The van der Waals surface area contributed by atoms with E-state index in [1.807, 2.05) is 0 Å². The predicted octanol–water partition coefficient (Wildman–Crippen LogP) is 1.11. The zero-order chi connectivity index (χ0) is 20.4. The summed E-state index contributed by atoms with van der Waals surface area (Å²) in [6.07, 6.45) is 5.74. The van der Waals surface area contributed by atoms with Gasteiger partial charge in [0.15, 0.2) is 0 Å². The van der Waals surface area contributed by atoms with Crippen molar-refractivity contribution in [3.8, 4) is 0 Å². The van der Waals surface area contributed by atoms with Crippen LogP contribution < -0.4 is 14.9 Å². The van der Waals surface area contributed by atoms with Crippen molar-refractivity contribution in [2.24, 2.45) is 5.92 Å². The van der Waals surface area contributed by atoms with Gasteiger partial charge in [-0.1, -0.05) is 12.1 Å². The molecule has 1 atom stereocenters. The summed E-state index contributed by atoms with van der Waals surface area (Å²) in [5.74, 6) is -0.171. The van der Waals surface area contributed by atoms with Gasteiger partial charge in [0.1, 0.15) is 6.04 Å². The van der Waals surface area contributed by atoms with Crippen LogP contribution in [0.4, 0.5) is 11.4 Å². The molecule has 3 aliphatic rings. The summed E-state index contributed by atoms with van der Waals surface area (Å²) in [5.41, 5.74) is 0.828. The van der Waals surface area contributed by atoms with E-state index in [-0.39, 0.29) is 12.3 Å². The van der Waals surface area contributed by atoms with Gasteiger partial charge in [0.05, 0.1) is 17.8 Å². The number of hydrogen-bond acceptors (Lipinski definition) is 5. The van der Waals surface area contributed by atoms with Gasteiger partial charge in [0.25, 0.3) is 0 Å². The van der Waals surface area contributed by atoms with E-state index in [2.05, 4.69) is 15.5 Å². The third-order valence-corrected chi connectivity index (χ3v) is 6.99. The van der Waals surface area contributed by atoms with Crippen LogP contribution in [-0.2, 0) is 20.5 Å². The Balaban J connectivity index is 1.28. The second kappa shape index (κ2) is 8.71. The molecule has 0 spiro atoms. The van der Waals surface area contributed by atoms with Gasteiger partial charge in [0, 0.05) is 12.6 Å². The van der Waals surface area contributed by atoms with Gasteiger partial charge in [0.2, 0.25) is 22.7 Å². The molecule has 0 bridgehead atoms. The Morgan fingerprint density at radius 1 is 1.14 bits per heavy atom. The van der Waals surface area contributed by atoms with Crippen LogP contribution in [0.25, 0.3) is 0 Å². The number of amides is 2. The summed E-state index contributed by atoms with van der Waals surface area (Å²) in [6.45, 7) is 2.86. The number of anilines is 2. The third-order valence-electron chi connectivity index (χ3n) is 6.15. The highest BCUT2D eigenvalue weighted by Crippen LogP contribution is 2.33. The maximum atomic E-state index is 12.4. The summed E-state index contributed by atoms with van der Waals surface area (Å²) in [4.78, 5) is 27.4. The van der Waals surface area contributed by atoms with Crippen LogP contribution in [0.15, 0.2) is 24.3 Å². The van der Waals surface area contributed by atoms with Crippen LogP contribution in [-0.4, -0.2) is 56.9 Å². The number of nitrogens with one attached hydrogen (secondary N) is 2. The number of piperidine rings is 1. The van der Waals surface area contributed by atoms with Crippen LogP contribution in [0.3, 0.4) is 0 Å².